The van der Waals surface area contributed by atoms with Gasteiger partial charge in [0.15, 0.2) is 0 Å². The van der Waals surface area contributed by atoms with Crippen LogP contribution >= 0.6 is 0 Å². The largest absolute Gasteiger partial charge is 0.510 e. The van der Waals surface area contributed by atoms with Crippen molar-refractivity contribution in [3.63, 3.8) is 0 Å². The summed E-state index contributed by atoms with van der Waals surface area (Å²) in [5, 5.41) is 8.94. The highest BCUT2D eigenvalue weighted by molar-refractivity contribution is 4.90. The zero-order valence-corrected chi connectivity index (χ0v) is 6.92. The third kappa shape index (κ3) is 3.51. The molecule has 0 bridgehead atoms. The number of hydrogen-bond donors (Lipinski definition) is 1. The zero-order valence-electron chi connectivity index (χ0n) is 6.92. The van der Waals surface area contributed by atoms with E-state index in [1.807, 2.05) is 0 Å². The van der Waals surface area contributed by atoms with Crippen LogP contribution in [-0.4, -0.2) is 18.3 Å². The van der Waals surface area contributed by atoms with E-state index in [0.717, 1.165) is 6.42 Å². The lowest BCUT2D eigenvalue weighted by molar-refractivity contribution is 0.0779. The molecule has 1 N–H and O–H groups in total. The van der Waals surface area contributed by atoms with Crippen molar-refractivity contribution < 1.29 is 9.84 Å². The molecule has 1 unspecified atom stereocenters. The molecule has 0 saturated heterocycles. The molecule has 2 nitrogen and oxygen atoms in total. The molecule has 0 rings (SSSR count). The highest BCUT2D eigenvalue weighted by atomic mass is 16.5. The summed E-state index contributed by atoms with van der Waals surface area (Å²) < 4.78 is 4.97. The molecular formula is C8H16O2. The molecule has 0 amide bonds. The second kappa shape index (κ2) is 4.34. The van der Waals surface area contributed by atoms with Crippen LogP contribution < -0.4 is 0 Å². The minimum Gasteiger partial charge on any atom is -0.510 e. The van der Waals surface area contributed by atoms with Crippen LogP contribution in [-0.2, 0) is 4.74 Å². The van der Waals surface area contributed by atoms with E-state index in [1.54, 1.807) is 7.11 Å². The Hall–Kier alpha value is -0.500. The van der Waals surface area contributed by atoms with Crippen molar-refractivity contribution >= 4 is 0 Å². The highest BCUT2D eigenvalue weighted by Gasteiger charge is 2.11. The van der Waals surface area contributed by atoms with Crippen molar-refractivity contribution in [2.45, 2.75) is 26.4 Å². The molecule has 0 aliphatic rings. The van der Waals surface area contributed by atoms with Crippen molar-refractivity contribution in [3.8, 4) is 0 Å². The summed E-state index contributed by atoms with van der Waals surface area (Å²) >= 11 is 0. The SMILES string of the molecule is C=C(O)C(CC(C)C)OC. The summed E-state index contributed by atoms with van der Waals surface area (Å²) in [6.45, 7) is 7.57. The first-order valence-corrected chi connectivity index (χ1v) is 3.48. The molecule has 0 fully saturated rings. The fraction of sp³-hybridized carbons (Fsp3) is 0.750. The highest BCUT2D eigenvalue weighted by Crippen LogP contribution is 2.11. The molecule has 0 aliphatic carbocycles. The first-order valence-electron chi connectivity index (χ1n) is 3.48. The fourth-order valence-electron chi connectivity index (χ4n) is 0.796. The Morgan fingerprint density at radius 2 is 2.10 bits per heavy atom. The van der Waals surface area contributed by atoms with Crippen LogP contribution in [0.2, 0.25) is 0 Å². The summed E-state index contributed by atoms with van der Waals surface area (Å²) in [4.78, 5) is 0. The normalized spacial score (nSPS) is 13.6. The number of methoxy groups -OCH3 is 1. The zero-order chi connectivity index (χ0) is 8.15. The molecule has 2 heteroatoms. The van der Waals surface area contributed by atoms with E-state index < -0.39 is 0 Å². The maximum absolute atomic E-state index is 8.94. The molecule has 0 aromatic rings. The van der Waals surface area contributed by atoms with Crippen LogP contribution in [0.1, 0.15) is 20.3 Å². The predicted octanol–water partition coefficient (Wildman–Crippen LogP) is 2.12. The van der Waals surface area contributed by atoms with Gasteiger partial charge in [0.25, 0.3) is 0 Å². The van der Waals surface area contributed by atoms with Crippen molar-refractivity contribution in [2.24, 2.45) is 5.92 Å². The second-order valence-electron chi connectivity index (χ2n) is 2.85. The molecule has 0 spiro atoms. The summed E-state index contributed by atoms with van der Waals surface area (Å²) in [5.74, 6) is 0.644. The molecular weight excluding hydrogens is 128 g/mol. The third-order valence-electron chi connectivity index (χ3n) is 1.34. The van der Waals surface area contributed by atoms with Gasteiger partial charge in [0.2, 0.25) is 0 Å². The van der Waals surface area contributed by atoms with Gasteiger partial charge in [-0.1, -0.05) is 20.4 Å². The molecule has 10 heavy (non-hydrogen) atoms. The van der Waals surface area contributed by atoms with Crippen molar-refractivity contribution in [1.82, 2.24) is 0 Å². The van der Waals surface area contributed by atoms with Gasteiger partial charge < -0.3 is 9.84 Å². The molecule has 1 atom stereocenters. The maximum atomic E-state index is 8.94. The van der Waals surface area contributed by atoms with Gasteiger partial charge >= 0.3 is 0 Å². The van der Waals surface area contributed by atoms with Crippen molar-refractivity contribution in [2.75, 3.05) is 7.11 Å². The lowest BCUT2D eigenvalue weighted by Gasteiger charge is -2.15. The van der Waals surface area contributed by atoms with E-state index in [4.69, 9.17) is 9.84 Å². The van der Waals surface area contributed by atoms with Crippen LogP contribution in [0.3, 0.4) is 0 Å². The Kier molecular flexibility index (Phi) is 4.12. The number of aliphatic hydroxyl groups is 1. The van der Waals surface area contributed by atoms with Crippen LogP contribution in [0.4, 0.5) is 0 Å². The van der Waals surface area contributed by atoms with Crippen LogP contribution in [0.5, 0.6) is 0 Å². The van der Waals surface area contributed by atoms with Gasteiger partial charge in [-0.3, -0.25) is 0 Å². The van der Waals surface area contributed by atoms with E-state index in [2.05, 4.69) is 20.4 Å². The molecule has 0 aromatic heterocycles. The van der Waals surface area contributed by atoms with Gasteiger partial charge in [-0.05, 0) is 12.3 Å². The Bertz CT molecular complexity index is 108. The third-order valence-corrected chi connectivity index (χ3v) is 1.34. The number of hydrogen-bond acceptors (Lipinski definition) is 2. The van der Waals surface area contributed by atoms with Gasteiger partial charge in [-0.25, -0.2) is 0 Å². The molecule has 0 aromatic carbocycles. The maximum Gasteiger partial charge on any atom is 0.114 e. The average Bonchev–Trinajstić information content (AvgIpc) is 1.81. The van der Waals surface area contributed by atoms with Crippen LogP contribution in [0.25, 0.3) is 0 Å². The minimum atomic E-state index is -0.194. The fourth-order valence-corrected chi connectivity index (χ4v) is 0.796. The summed E-state index contributed by atoms with van der Waals surface area (Å²) in [6, 6.07) is 0. The van der Waals surface area contributed by atoms with Crippen molar-refractivity contribution in [1.29, 1.82) is 0 Å². The van der Waals surface area contributed by atoms with E-state index >= 15 is 0 Å². The van der Waals surface area contributed by atoms with E-state index in [9.17, 15) is 0 Å². The van der Waals surface area contributed by atoms with E-state index in [0.29, 0.717) is 5.92 Å². The predicted molar refractivity (Wildman–Crippen MR) is 42.0 cm³/mol. The lowest BCUT2D eigenvalue weighted by atomic mass is 10.1. The van der Waals surface area contributed by atoms with Gasteiger partial charge in [-0.15, -0.1) is 0 Å². The summed E-state index contributed by atoms with van der Waals surface area (Å²) in [7, 11) is 1.58. The summed E-state index contributed by atoms with van der Waals surface area (Å²) in [5.41, 5.74) is 0. The first-order chi connectivity index (χ1) is 4.57. The van der Waals surface area contributed by atoms with Crippen LogP contribution in [0.15, 0.2) is 12.3 Å². The average molecular weight is 144 g/mol. The van der Waals surface area contributed by atoms with Crippen molar-refractivity contribution in [3.05, 3.63) is 12.3 Å². The second-order valence-corrected chi connectivity index (χ2v) is 2.85. The monoisotopic (exact) mass is 144 g/mol. The molecule has 0 radical (unpaired) electrons. The standard InChI is InChI=1S/C8H16O2/c1-6(2)5-8(10-4)7(3)9/h6,8-9H,3,5H2,1-2,4H3. The smallest absolute Gasteiger partial charge is 0.114 e. The molecule has 0 heterocycles. The Balaban J connectivity index is 3.72. The number of ether oxygens (including phenoxy) is 1. The topological polar surface area (TPSA) is 29.5 Å². The number of rotatable bonds is 4. The Labute approximate surface area is 62.5 Å². The quantitative estimate of drug-likeness (QED) is 0.612. The van der Waals surface area contributed by atoms with Crippen LogP contribution in [0, 0.1) is 5.92 Å². The summed E-state index contributed by atoms with van der Waals surface area (Å²) in [6.07, 6.45) is 0.631. The van der Waals surface area contributed by atoms with Gasteiger partial charge in [0.05, 0.1) is 0 Å². The lowest BCUT2D eigenvalue weighted by Crippen LogP contribution is -2.15. The van der Waals surface area contributed by atoms with Gasteiger partial charge in [0.1, 0.15) is 11.9 Å². The van der Waals surface area contributed by atoms with E-state index in [-0.39, 0.29) is 11.9 Å². The molecule has 60 valence electrons. The first kappa shape index (κ1) is 9.50. The van der Waals surface area contributed by atoms with E-state index in [1.165, 1.54) is 0 Å². The van der Waals surface area contributed by atoms with Gasteiger partial charge in [0, 0.05) is 7.11 Å². The Morgan fingerprint density at radius 3 is 2.20 bits per heavy atom. The Morgan fingerprint density at radius 1 is 1.60 bits per heavy atom. The molecule has 0 aliphatic heterocycles. The minimum absolute atomic E-state index is 0.121. The number of aliphatic hydroxyl groups excluding tert-OH is 1. The molecule has 0 saturated carbocycles. The van der Waals surface area contributed by atoms with Gasteiger partial charge in [-0.2, -0.15) is 0 Å².